The molecule has 136 valence electrons. The van der Waals surface area contributed by atoms with Crippen LogP contribution >= 0.6 is 24.0 Å². The molecule has 0 aliphatic carbocycles. The summed E-state index contributed by atoms with van der Waals surface area (Å²) < 4.78 is 22.9. The fourth-order valence-electron chi connectivity index (χ4n) is 2.92. The Morgan fingerprint density at radius 2 is 1.78 bits per heavy atom. The number of hydrogen-bond donors (Lipinski definition) is 1. The minimum Gasteiger partial charge on any atom is -0.357 e. The highest BCUT2D eigenvalue weighted by molar-refractivity contribution is 14.0. The van der Waals surface area contributed by atoms with E-state index in [1.165, 1.54) is 12.8 Å². The topological polar surface area (TPSA) is 65.0 Å². The molecule has 0 aromatic heterocycles. The summed E-state index contributed by atoms with van der Waals surface area (Å²) in [6.07, 6.45) is 2.46. The van der Waals surface area contributed by atoms with Gasteiger partial charge < -0.3 is 10.2 Å². The predicted octanol–water partition coefficient (Wildman–Crippen LogP) is 1.03. The summed E-state index contributed by atoms with van der Waals surface area (Å²) in [5.74, 6) is 2.41. The lowest BCUT2D eigenvalue weighted by atomic mass is 10.00. The zero-order valence-corrected chi connectivity index (χ0v) is 17.5. The Balaban J connectivity index is 0.00000264. The van der Waals surface area contributed by atoms with Gasteiger partial charge >= 0.3 is 0 Å². The molecule has 0 amide bonds. The summed E-state index contributed by atoms with van der Waals surface area (Å²) in [5.41, 5.74) is 0. The van der Waals surface area contributed by atoms with Gasteiger partial charge in [0, 0.05) is 39.3 Å². The molecule has 0 bridgehead atoms. The maximum Gasteiger partial charge on any atom is 0.193 e. The van der Waals surface area contributed by atoms with Gasteiger partial charge in [-0.2, -0.15) is 0 Å². The van der Waals surface area contributed by atoms with Gasteiger partial charge in [-0.05, 0) is 25.7 Å². The molecule has 0 saturated carbocycles. The largest absolute Gasteiger partial charge is 0.357 e. The van der Waals surface area contributed by atoms with E-state index in [1.54, 1.807) is 0 Å². The van der Waals surface area contributed by atoms with E-state index in [0.717, 1.165) is 44.6 Å². The highest BCUT2D eigenvalue weighted by atomic mass is 127. The second-order valence-electron chi connectivity index (χ2n) is 6.40. The number of rotatable bonds is 4. The molecule has 0 radical (unpaired) electrons. The van der Waals surface area contributed by atoms with Crippen LogP contribution in [0, 0.1) is 5.92 Å². The highest BCUT2D eigenvalue weighted by Crippen LogP contribution is 2.15. The second kappa shape index (κ2) is 10.0. The quantitative estimate of drug-likeness (QED) is 0.388. The Bertz CT molecular complexity index is 462. The van der Waals surface area contributed by atoms with Gasteiger partial charge in [-0.15, -0.1) is 24.0 Å². The van der Waals surface area contributed by atoms with Crippen molar-refractivity contribution in [3.8, 4) is 0 Å². The zero-order chi connectivity index (χ0) is 16.0. The van der Waals surface area contributed by atoms with Crippen molar-refractivity contribution in [2.24, 2.45) is 10.9 Å². The first-order chi connectivity index (χ1) is 10.5. The fraction of sp³-hybridized carbons (Fsp3) is 0.933. The van der Waals surface area contributed by atoms with Crippen LogP contribution in [0.4, 0.5) is 0 Å². The van der Waals surface area contributed by atoms with Gasteiger partial charge in [0.25, 0.3) is 0 Å². The molecular weight excluding hydrogens is 427 g/mol. The number of guanidine groups is 1. The van der Waals surface area contributed by atoms with E-state index in [2.05, 4.69) is 29.0 Å². The van der Waals surface area contributed by atoms with Crippen LogP contribution in [0.25, 0.3) is 0 Å². The summed E-state index contributed by atoms with van der Waals surface area (Å²) in [6, 6.07) is 0. The molecule has 0 aromatic carbocycles. The second-order valence-corrected chi connectivity index (χ2v) is 8.70. The van der Waals surface area contributed by atoms with Crippen LogP contribution in [0.5, 0.6) is 0 Å². The normalized spacial score (nSPS) is 23.4. The average Bonchev–Trinajstić information content (AvgIpc) is 2.49. The first kappa shape index (κ1) is 21.0. The number of sulfone groups is 1. The molecule has 23 heavy (non-hydrogen) atoms. The zero-order valence-electron chi connectivity index (χ0n) is 14.3. The van der Waals surface area contributed by atoms with E-state index in [9.17, 15) is 8.42 Å². The maximum atomic E-state index is 11.4. The lowest BCUT2D eigenvalue weighted by Crippen LogP contribution is -2.46. The molecule has 0 unspecified atom stereocenters. The van der Waals surface area contributed by atoms with Crippen LogP contribution in [-0.2, 0) is 9.84 Å². The Morgan fingerprint density at radius 3 is 2.35 bits per heavy atom. The van der Waals surface area contributed by atoms with Crippen molar-refractivity contribution < 1.29 is 8.42 Å². The maximum absolute atomic E-state index is 11.4. The molecule has 8 heteroatoms. The average molecular weight is 458 g/mol. The number of nitrogens with one attached hydrogen (secondary N) is 1. The van der Waals surface area contributed by atoms with Crippen LogP contribution < -0.4 is 5.32 Å². The molecule has 0 aromatic rings. The number of piperidine rings is 1. The molecule has 0 atom stereocenters. The van der Waals surface area contributed by atoms with Gasteiger partial charge in [0.15, 0.2) is 15.8 Å². The van der Waals surface area contributed by atoms with E-state index in [4.69, 9.17) is 4.99 Å². The molecule has 2 saturated heterocycles. The van der Waals surface area contributed by atoms with Crippen LogP contribution in [0.15, 0.2) is 4.99 Å². The molecule has 2 fully saturated rings. The van der Waals surface area contributed by atoms with Gasteiger partial charge in [-0.3, -0.25) is 9.89 Å². The lowest BCUT2D eigenvalue weighted by Gasteiger charge is -2.33. The fourth-order valence-corrected chi connectivity index (χ4v) is 4.19. The van der Waals surface area contributed by atoms with Gasteiger partial charge in [0.1, 0.15) is 0 Å². The van der Waals surface area contributed by atoms with E-state index >= 15 is 0 Å². The summed E-state index contributed by atoms with van der Waals surface area (Å²) in [7, 11) is -2.79. The number of halogens is 1. The standard InChI is InChI=1S/C15H30N4O2S.HI/c1-3-16-15(19-7-4-14(2)5-8-19)17-6-9-18-10-12-22(20,21)13-11-18;/h14H,3-13H2,1-2H3,(H,16,17);1H. The van der Waals surface area contributed by atoms with Crippen LogP contribution in [0.2, 0.25) is 0 Å². The van der Waals surface area contributed by atoms with Crippen molar-refractivity contribution in [2.75, 3.05) is 57.3 Å². The van der Waals surface area contributed by atoms with Gasteiger partial charge in [0.05, 0.1) is 18.1 Å². The van der Waals surface area contributed by atoms with E-state index < -0.39 is 9.84 Å². The van der Waals surface area contributed by atoms with Crippen LogP contribution in [0.1, 0.15) is 26.7 Å². The summed E-state index contributed by atoms with van der Waals surface area (Å²) in [5, 5.41) is 3.38. The molecule has 2 rings (SSSR count). The van der Waals surface area contributed by atoms with Crippen molar-refractivity contribution in [3.05, 3.63) is 0 Å². The van der Waals surface area contributed by atoms with E-state index in [0.29, 0.717) is 24.6 Å². The van der Waals surface area contributed by atoms with E-state index in [1.807, 2.05) is 0 Å². The Kier molecular flexibility index (Phi) is 9.13. The Labute approximate surface area is 158 Å². The SMILES string of the molecule is CCNC(=NCCN1CCS(=O)(=O)CC1)N1CCC(C)CC1.I. The minimum absolute atomic E-state index is 0. The third-order valence-corrected chi connectivity index (χ3v) is 6.14. The summed E-state index contributed by atoms with van der Waals surface area (Å²) in [4.78, 5) is 9.29. The molecule has 1 N–H and O–H groups in total. The van der Waals surface area contributed by atoms with Gasteiger partial charge in [0.2, 0.25) is 0 Å². The van der Waals surface area contributed by atoms with Crippen LogP contribution in [0.3, 0.4) is 0 Å². The van der Waals surface area contributed by atoms with Crippen molar-refractivity contribution in [1.82, 2.24) is 15.1 Å². The number of aliphatic imine (C=N–C) groups is 1. The minimum atomic E-state index is -2.79. The highest BCUT2D eigenvalue weighted by Gasteiger charge is 2.21. The van der Waals surface area contributed by atoms with Crippen molar-refractivity contribution >= 4 is 39.8 Å². The number of nitrogens with zero attached hydrogens (tertiary/aromatic N) is 3. The molecule has 2 aliphatic heterocycles. The van der Waals surface area contributed by atoms with Crippen molar-refractivity contribution in [3.63, 3.8) is 0 Å². The molecular formula is C15H31IN4O2S. The van der Waals surface area contributed by atoms with Crippen molar-refractivity contribution in [2.45, 2.75) is 26.7 Å². The third kappa shape index (κ3) is 7.13. The van der Waals surface area contributed by atoms with Gasteiger partial charge in [-0.25, -0.2) is 8.42 Å². The number of likely N-dealkylation sites (tertiary alicyclic amines) is 1. The summed E-state index contributed by atoms with van der Waals surface area (Å²) >= 11 is 0. The van der Waals surface area contributed by atoms with Crippen LogP contribution in [-0.4, -0.2) is 81.5 Å². The molecule has 0 spiro atoms. The molecule has 2 aliphatic rings. The smallest absolute Gasteiger partial charge is 0.193 e. The van der Waals surface area contributed by atoms with E-state index in [-0.39, 0.29) is 24.0 Å². The lowest BCUT2D eigenvalue weighted by molar-refractivity contribution is 0.271. The molecule has 6 nitrogen and oxygen atoms in total. The molecule has 2 heterocycles. The third-order valence-electron chi connectivity index (χ3n) is 4.53. The summed E-state index contributed by atoms with van der Waals surface area (Å²) in [6.45, 7) is 10.3. The first-order valence-electron chi connectivity index (χ1n) is 8.46. The monoisotopic (exact) mass is 458 g/mol. The first-order valence-corrected chi connectivity index (χ1v) is 10.3. The predicted molar refractivity (Wildman–Crippen MR) is 106 cm³/mol. The Morgan fingerprint density at radius 1 is 1.17 bits per heavy atom. The number of hydrogen-bond acceptors (Lipinski definition) is 4. The Hall–Kier alpha value is -0.0900. The van der Waals surface area contributed by atoms with Gasteiger partial charge in [-0.1, -0.05) is 6.92 Å². The van der Waals surface area contributed by atoms with Crippen molar-refractivity contribution in [1.29, 1.82) is 0 Å².